The number of benzene rings is 3. The minimum atomic E-state index is -0.171. The topological polar surface area (TPSA) is 66.6 Å². The van der Waals surface area contributed by atoms with E-state index in [9.17, 15) is 4.79 Å². The summed E-state index contributed by atoms with van der Waals surface area (Å²) in [5.41, 5.74) is 3.01. The number of pyridine rings is 1. The number of aromatic amines is 1. The quantitative estimate of drug-likeness (QED) is 0.286. The summed E-state index contributed by atoms with van der Waals surface area (Å²) in [6.07, 6.45) is 0. The van der Waals surface area contributed by atoms with E-state index in [2.05, 4.69) is 10.3 Å². The summed E-state index contributed by atoms with van der Waals surface area (Å²) < 4.78 is 10.8. The average molecular weight is 508 g/mol. The zero-order valence-electron chi connectivity index (χ0n) is 19.5. The van der Waals surface area contributed by atoms with Gasteiger partial charge in [0.05, 0.1) is 25.8 Å². The predicted octanol–water partition coefficient (Wildman–Crippen LogP) is 5.99. The monoisotopic (exact) mass is 507 g/mol. The van der Waals surface area contributed by atoms with Crippen molar-refractivity contribution in [3.63, 3.8) is 0 Å². The van der Waals surface area contributed by atoms with Crippen molar-refractivity contribution in [2.45, 2.75) is 20.0 Å². The molecule has 3 aromatic carbocycles. The van der Waals surface area contributed by atoms with Gasteiger partial charge in [-0.05, 0) is 84.7 Å². The molecule has 1 aromatic heterocycles. The Morgan fingerprint density at radius 3 is 2.40 bits per heavy atom. The van der Waals surface area contributed by atoms with E-state index in [4.69, 9.17) is 33.3 Å². The summed E-state index contributed by atoms with van der Waals surface area (Å²) in [5.74, 6) is 1.48. The number of anilines is 1. The molecule has 4 aromatic rings. The van der Waals surface area contributed by atoms with Gasteiger partial charge in [0.15, 0.2) is 5.11 Å². The minimum absolute atomic E-state index is 0.171. The summed E-state index contributed by atoms with van der Waals surface area (Å²) in [7, 11) is 1.60. The van der Waals surface area contributed by atoms with Crippen LogP contribution in [0.2, 0.25) is 5.02 Å². The molecule has 0 radical (unpaired) electrons. The Balaban J connectivity index is 1.60. The molecule has 0 saturated heterocycles. The molecule has 180 valence electrons. The Bertz CT molecular complexity index is 1370. The van der Waals surface area contributed by atoms with Crippen LogP contribution in [0.3, 0.4) is 0 Å². The van der Waals surface area contributed by atoms with Crippen LogP contribution in [0, 0.1) is 0 Å². The summed E-state index contributed by atoms with van der Waals surface area (Å²) in [4.78, 5) is 17.8. The predicted molar refractivity (Wildman–Crippen MR) is 146 cm³/mol. The summed E-state index contributed by atoms with van der Waals surface area (Å²) in [6, 6.07) is 22.7. The van der Waals surface area contributed by atoms with Gasteiger partial charge in [-0.2, -0.15) is 0 Å². The molecule has 0 saturated carbocycles. The van der Waals surface area contributed by atoms with E-state index < -0.39 is 0 Å². The van der Waals surface area contributed by atoms with Crippen molar-refractivity contribution in [2.24, 2.45) is 0 Å². The lowest BCUT2D eigenvalue weighted by Gasteiger charge is -2.26. The van der Waals surface area contributed by atoms with Crippen molar-refractivity contribution < 1.29 is 9.47 Å². The van der Waals surface area contributed by atoms with Crippen LogP contribution in [0.1, 0.15) is 18.1 Å². The van der Waals surface area contributed by atoms with Crippen molar-refractivity contribution in [1.82, 2.24) is 9.88 Å². The van der Waals surface area contributed by atoms with Crippen LogP contribution >= 0.6 is 23.8 Å². The highest BCUT2D eigenvalue weighted by Crippen LogP contribution is 2.21. The van der Waals surface area contributed by atoms with Crippen LogP contribution in [-0.2, 0) is 13.1 Å². The van der Waals surface area contributed by atoms with E-state index in [0.29, 0.717) is 41.1 Å². The molecule has 4 rings (SSSR count). The molecule has 0 aliphatic rings. The second kappa shape index (κ2) is 11.3. The third-order valence-electron chi connectivity index (χ3n) is 5.48. The first-order chi connectivity index (χ1) is 16.9. The zero-order valence-corrected chi connectivity index (χ0v) is 21.1. The molecule has 0 amide bonds. The molecule has 0 spiro atoms. The van der Waals surface area contributed by atoms with Crippen LogP contribution < -0.4 is 20.3 Å². The highest BCUT2D eigenvalue weighted by Gasteiger charge is 2.15. The van der Waals surface area contributed by atoms with Crippen LogP contribution in [0.5, 0.6) is 11.5 Å². The number of ether oxygens (including phenoxy) is 2. The molecule has 1 heterocycles. The van der Waals surface area contributed by atoms with Crippen molar-refractivity contribution in [3.8, 4) is 11.5 Å². The van der Waals surface area contributed by atoms with Gasteiger partial charge in [-0.3, -0.25) is 4.79 Å². The number of hydrogen-bond donors (Lipinski definition) is 2. The van der Waals surface area contributed by atoms with E-state index in [0.717, 1.165) is 27.9 Å². The zero-order chi connectivity index (χ0) is 24.8. The van der Waals surface area contributed by atoms with E-state index in [-0.39, 0.29) is 5.56 Å². The first-order valence-electron chi connectivity index (χ1n) is 11.2. The number of fused-ring (bicyclic) bond motifs is 1. The van der Waals surface area contributed by atoms with Gasteiger partial charge in [-0.25, -0.2) is 0 Å². The Morgan fingerprint density at radius 2 is 1.71 bits per heavy atom. The Hall–Kier alpha value is -3.55. The van der Waals surface area contributed by atoms with Gasteiger partial charge in [-0.1, -0.05) is 23.7 Å². The standard InChI is InChI=1S/C27H26ClN3O3S/c1-3-34-23-12-9-22(10-13-23)29-27(35)31(16-18-4-7-21(28)8-5-18)17-20-14-19-6-11-24(33-2)15-25(19)30-26(20)32/h4-15H,3,16-17H2,1-2H3,(H,29,35)(H,30,32). The summed E-state index contributed by atoms with van der Waals surface area (Å²) >= 11 is 11.8. The number of halogens is 1. The first-order valence-corrected chi connectivity index (χ1v) is 12.0. The smallest absolute Gasteiger partial charge is 0.253 e. The highest BCUT2D eigenvalue weighted by molar-refractivity contribution is 7.80. The number of hydrogen-bond acceptors (Lipinski definition) is 4. The van der Waals surface area contributed by atoms with Gasteiger partial charge in [-0.15, -0.1) is 0 Å². The molecule has 2 N–H and O–H groups in total. The molecule has 8 heteroatoms. The van der Waals surface area contributed by atoms with Crippen molar-refractivity contribution in [3.05, 3.63) is 99.3 Å². The summed E-state index contributed by atoms with van der Waals surface area (Å²) in [5, 5.41) is 5.36. The van der Waals surface area contributed by atoms with Crippen molar-refractivity contribution in [2.75, 3.05) is 19.0 Å². The SMILES string of the molecule is CCOc1ccc(NC(=S)N(Cc2ccc(Cl)cc2)Cc2cc3ccc(OC)cc3[nH]c2=O)cc1. The largest absolute Gasteiger partial charge is 0.497 e. The fourth-order valence-corrected chi connectivity index (χ4v) is 4.06. The molecular formula is C27H26ClN3O3S. The third kappa shape index (κ3) is 6.32. The van der Waals surface area contributed by atoms with Crippen molar-refractivity contribution in [1.29, 1.82) is 0 Å². The number of nitrogens with one attached hydrogen (secondary N) is 2. The van der Waals surface area contributed by atoms with Gasteiger partial charge in [0.2, 0.25) is 0 Å². The molecule has 0 aliphatic heterocycles. The van der Waals surface area contributed by atoms with E-state index >= 15 is 0 Å². The molecule has 6 nitrogen and oxygen atoms in total. The van der Waals surface area contributed by atoms with E-state index in [1.165, 1.54) is 0 Å². The number of H-pyrrole nitrogens is 1. The number of methoxy groups -OCH3 is 1. The van der Waals surface area contributed by atoms with Gasteiger partial charge < -0.3 is 24.7 Å². The van der Waals surface area contributed by atoms with E-state index in [1.54, 1.807) is 7.11 Å². The van der Waals surface area contributed by atoms with Crippen LogP contribution in [0.4, 0.5) is 5.69 Å². The number of rotatable bonds is 8. The number of thiocarbonyl (C=S) groups is 1. The maximum Gasteiger partial charge on any atom is 0.253 e. The average Bonchev–Trinajstić information content (AvgIpc) is 2.86. The fourth-order valence-electron chi connectivity index (χ4n) is 3.69. The first kappa shape index (κ1) is 24.6. The normalized spacial score (nSPS) is 10.7. The third-order valence-corrected chi connectivity index (χ3v) is 6.09. The maximum atomic E-state index is 12.9. The minimum Gasteiger partial charge on any atom is -0.497 e. The van der Waals surface area contributed by atoms with Gasteiger partial charge in [0, 0.05) is 28.9 Å². The van der Waals surface area contributed by atoms with Gasteiger partial charge in [0.1, 0.15) is 11.5 Å². The molecular weight excluding hydrogens is 482 g/mol. The number of aromatic nitrogens is 1. The van der Waals surface area contributed by atoms with Crippen molar-refractivity contribution >= 4 is 45.5 Å². The van der Waals surface area contributed by atoms with Crippen LogP contribution in [0.15, 0.2) is 77.6 Å². The van der Waals surface area contributed by atoms with Crippen LogP contribution in [-0.4, -0.2) is 28.7 Å². The molecule has 0 unspecified atom stereocenters. The Kier molecular flexibility index (Phi) is 7.90. The lowest BCUT2D eigenvalue weighted by molar-refractivity contribution is 0.340. The van der Waals surface area contributed by atoms with Crippen LogP contribution in [0.25, 0.3) is 10.9 Å². The number of nitrogens with zero attached hydrogens (tertiary/aromatic N) is 1. The maximum absolute atomic E-state index is 12.9. The molecule has 0 fully saturated rings. The van der Waals surface area contributed by atoms with Gasteiger partial charge >= 0.3 is 0 Å². The lowest BCUT2D eigenvalue weighted by Crippen LogP contribution is -2.35. The molecule has 0 aliphatic carbocycles. The van der Waals surface area contributed by atoms with E-state index in [1.807, 2.05) is 84.6 Å². The molecule has 0 bridgehead atoms. The second-order valence-electron chi connectivity index (χ2n) is 7.95. The molecule has 0 atom stereocenters. The lowest BCUT2D eigenvalue weighted by atomic mass is 10.1. The Morgan fingerprint density at radius 1 is 1.00 bits per heavy atom. The Labute approximate surface area is 214 Å². The molecule has 35 heavy (non-hydrogen) atoms. The second-order valence-corrected chi connectivity index (χ2v) is 8.77. The van der Waals surface area contributed by atoms with Gasteiger partial charge in [0.25, 0.3) is 5.56 Å². The highest BCUT2D eigenvalue weighted by atomic mass is 35.5. The summed E-state index contributed by atoms with van der Waals surface area (Å²) in [6.45, 7) is 3.37. The fraction of sp³-hybridized carbons (Fsp3) is 0.185.